The molecule has 4 aromatic rings. The van der Waals surface area contributed by atoms with Crippen molar-refractivity contribution < 1.29 is 22.4 Å². The third-order valence-electron chi connectivity index (χ3n) is 4.11. The molecule has 136 valence electrons. The maximum atomic E-state index is 12.8. The van der Waals surface area contributed by atoms with E-state index in [9.17, 15) is 18.0 Å². The van der Waals surface area contributed by atoms with Gasteiger partial charge in [-0.15, -0.1) is 0 Å². The number of para-hydroxylation sites is 2. The summed E-state index contributed by atoms with van der Waals surface area (Å²) in [7, 11) is 0. The molecule has 0 fully saturated rings. The summed E-state index contributed by atoms with van der Waals surface area (Å²) in [6, 6.07) is 11.6. The molecule has 4 rings (SSSR count). The molecule has 27 heavy (non-hydrogen) atoms. The fourth-order valence-electron chi connectivity index (χ4n) is 2.82. The van der Waals surface area contributed by atoms with E-state index >= 15 is 0 Å². The molecule has 0 saturated carbocycles. The fourth-order valence-corrected chi connectivity index (χ4v) is 2.82. The van der Waals surface area contributed by atoms with Gasteiger partial charge >= 0.3 is 6.18 Å². The molecule has 8 heteroatoms. The highest BCUT2D eigenvalue weighted by molar-refractivity contribution is 6.00. The van der Waals surface area contributed by atoms with Gasteiger partial charge in [-0.1, -0.05) is 12.1 Å². The minimum atomic E-state index is -4.42. The Morgan fingerprint density at radius 3 is 2.44 bits per heavy atom. The third kappa shape index (κ3) is 2.99. The highest BCUT2D eigenvalue weighted by Crippen LogP contribution is 2.31. The van der Waals surface area contributed by atoms with Crippen LogP contribution in [0.3, 0.4) is 0 Å². The second kappa shape index (κ2) is 6.08. The van der Waals surface area contributed by atoms with Crippen molar-refractivity contribution in [2.75, 3.05) is 0 Å². The zero-order valence-electron chi connectivity index (χ0n) is 14.0. The molecule has 0 aliphatic rings. The van der Waals surface area contributed by atoms with Crippen molar-refractivity contribution in [2.45, 2.75) is 13.1 Å². The van der Waals surface area contributed by atoms with Crippen LogP contribution in [0.2, 0.25) is 0 Å². The molecule has 0 N–H and O–H groups in total. The van der Waals surface area contributed by atoms with Gasteiger partial charge in [0, 0.05) is 5.56 Å². The molecule has 0 aliphatic heterocycles. The zero-order valence-corrected chi connectivity index (χ0v) is 14.0. The minimum absolute atomic E-state index is 0.0381. The summed E-state index contributed by atoms with van der Waals surface area (Å²) in [5.74, 6) is 0.137. The molecule has 0 bridgehead atoms. The molecule has 2 aromatic heterocycles. The number of carbonyl (C=O) groups excluding carboxylic acids is 1. The van der Waals surface area contributed by atoms with Crippen LogP contribution in [0, 0.1) is 6.92 Å². The summed E-state index contributed by atoms with van der Waals surface area (Å²) in [6.07, 6.45) is -3.24. The van der Waals surface area contributed by atoms with Gasteiger partial charge in [-0.3, -0.25) is 9.36 Å². The number of benzene rings is 2. The van der Waals surface area contributed by atoms with E-state index in [0.29, 0.717) is 22.4 Å². The van der Waals surface area contributed by atoms with Crippen molar-refractivity contribution in [2.24, 2.45) is 0 Å². The number of halogens is 3. The molecule has 0 unspecified atom stereocenters. The summed E-state index contributed by atoms with van der Waals surface area (Å²) in [6.45, 7) is 1.70. The average Bonchev–Trinajstić information content (AvgIpc) is 3.24. The second-order valence-electron chi connectivity index (χ2n) is 5.90. The monoisotopic (exact) mass is 371 g/mol. The van der Waals surface area contributed by atoms with Crippen molar-refractivity contribution in [1.82, 2.24) is 14.5 Å². The summed E-state index contributed by atoms with van der Waals surface area (Å²) in [5, 5.41) is 0. The third-order valence-corrected chi connectivity index (χ3v) is 4.11. The van der Waals surface area contributed by atoms with Crippen LogP contribution in [0.25, 0.3) is 22.5 Å². The van der Waals surface area contributed by atoms with Crippen LogP contribution in [0.4, 0.5) is 13.2 Å². The van der Waals surface area contributed by atoms with Gasteiger partial charge in [-0.2, -0.15) is 13.2 Å². The van der Waals surface area contributed by atoms with Crippen LogP contribution in [-0.4, -0.2) is 20.4 Å². The van der Waals surface area contributed by atoms with Crippen LogP contribution in [0.1, 0.15) is 21.9 Å². The Balaban J connectivity index is 1.68. The number of nitrogens with zero attached hydrogens (tertiary/aromatic N) is 3. The maximum Gasteiger partial charge on any atom is 0.416 e. The van der Waals surface area contributed by atoms with E-state index in [0.717, 1.165) is 12.1 Å². The standard InChI is InChI=1S/C19H12F3N3O2/c1-11-23-14-4-2-3-5-16(14)25(11)18(26)15-10-27-17(24-15)12-6-8-13(9-7-12)19(20,21)22/h2-10H,1H3. The lowest BCUT2D eigenvalue weighted by Crippen LogP contribution is -2.14. The smallest absolute Gasteiger partial charge is 0.416 e. The SMILES string of the molecule is Cc1nc2ccccc2n1C(=O)c1coc(-c2ccc(C(F)(F)F)cc2)n1. The quantitative estimate of drug-likeness (QED) is 0.512. The van der Waals surface area contributed by atoms with E-state index in [1.807, 2.05) is 6.07 Å². The molecule has 2 heterocycles. The normalized spacial score (nSPS) is 11.9. The Kier molecular flexibility index (Phi) is 3.83. The van der Waals surface area contributed by atoms with Crippen molar-refractivity contribution in [1.29, 1.82) is 0 Å². The Morgan fingerprint density at radius 2 is 1.74 bits per heavy atom. The van der Waals surface area contributed by atoms with Crippen LogP contribution < -0.4 is 0 Å². The van der Waals surface area contributed by atoms with E-state index in [-0.39, 0.29) is 11.6 Å². The lowest BCUT2D eigenvalue weighted by Gasteiger charge is -2.06. The van der Waals surface area contributed by atoms with E-state index in [2.05, 4.69) is 9.97 Å². The van der Waals surface area contributed by atoms with Gasteiger partial charge < -0.3 is 4.42 Å². The van der Waals surface area contributed by atoms with Crippen LogP contribution in [0.5, 0.6) is 0 Å². The van der Waals surface area contributed by atoms with Gasteiger partial charge in [0.05, 0.1) is 16.6 Å². The molecule has 5 nitrogen and oxygen atoms in total. The average molecular weight is 371 g/mol. The molecule has 2 aromatic carbocycles. The van der Waals surface area contributed by atoms with Gasteiger partial charge in [-0.25, -0.2) is 9.97 Å². The predicted molar refractivity (Wildman–Crippen MR) is 91.1 cm³/mol. The summed E-state index contributed by atoms with van der Waals surface area (Å²) >= 11 is 0. The fraction of sp³-hybridized carbons (Fsp3) is 0.105. The lowest BCUT2D eigenvalue weighted by atomic mass is 10.1. The zero-order chi connectivity index (χ0) is 19.2. The molecular formula is C19H12F3N3O2. The molecule has 0 radical (unpaired) electrons. The second-order valence-corrected chi connectivity index (χ2v) is 5.90. The number of rotatable bonds is 2. The number of aryl methyl sites for hydroxylation is 1. The lowest BCUT2D eigenvalue weighted by molar-refractivity contribution is -0.137. The maximum absolute atomic E-state index is 12.8. The number of imidazole rings is 1. The Labute approximate surface area is 151 Å². The number of carbonyl (C=O) groups is 1. The number of oxazole rings is 1. The first-order valence-corrected chi connectivity index (χ1v) is 7.96. The van der Waals surface area contributed by atoms with Gasteiger partial charge in [0.25, 0.3) is 5.91 Å². The molecule has 0 atom stereocenters. The van der Waals surface area contributed by atoms with Crippen molar-refractivity contribution >= 4 is 16.9 Å². The first-order chi connectivity index (χ1) is 12.8. The minimum Gasteiger partial charge on any atom is -0.444 e. The highest BCUT2D eigenvalue weighted by atomic mass is 19.4. The predicted octanol–water partition coefficient (Wildman–Crippen LogP) is 4.71. The Bertz CT molecular complexity index is 1140. The van der Waals surface area contributed by atoms with E-state index < -0.39 is 17.6 Å². The number of aromatic nitrogens is 3. The topological polar surface area (TPSA) is 60.9 Å². The van der Waals surface area contributed by atoms with Crippen molar-refractivity contribution in [3.05, 3.63) is 71.9 Å². The van der Waals surface area contributed by atoms with Crippen LogP contribution >= 0.6 is 0 Å². The van der Waals surface area contributed by atoms with E-state index in [4.69, 9.17) is 4.42 Å². The van der Waals surface area contributed by atoms with Crippen molar-refractivity contribution in [3.63, 3.8) is 0 Å². The van der Waals surface area contributed by atoms with Crippen LogP contribution in [-0.2, 0) is 6.18 Å². The summed E-state index contributed by atoms with van der Waals surface area (Å²) in [4.78, 5) is 21.3. The summed E-state index contributed by atoms with van der Waals surface area (Å²) in [5.41, 5.74) is 0.925. The summed E-state index contributed by atoms with van der Waals surface area (Å²) < 4.78 is 44.7. The van der Waals surface area contributed by atoms with Gasteiger partial charge in [0.15, 0.2) is 5.69 Å². The van der Waals surface area contributed by atoms with Gasteiger partial charge in [0.2, 0.25) is 5.89 Å². The first-order valence-electron chi connectivity index (χ1n) is 7.96. The highest BCUT2D eigenvalue weighted by Gasteiger charge is 2.30. The number of hydrogen-bond acceptors (Lipinski definition) is 4. The van der Waals surface area contributed by atoms with E-state index in [1.165, 1.54) is 23.0 Å². The number of hydrogen-bond donors (Lipinski definition) is 0. The molecule has 0 spiro atoms. The van der Waals surface area contributed by atoms with Gasteiger partial charge in [-0.05, 0) is 43.3 Å². The largest absolute Gasteiger partial charge is 0.444 e. The van der Waals surface area contributed by atoms with E-state index in [1.54, 1.807) is 25.1 Å². The molecule has 0 saturated heterocycles. The number of fused-ring (bicyclic) bond motifs is 1. The Hall–Kier alpha value is -3.42. The first kappa shape index (κ1) is 17.0. The molecule has 0 amide bonds. The van der Waals surface area contributed by atoms with Gasteiger partial charge in [0.1, 0.15) is 12.1 Å². The van der Waals surface area contributed by atoms with Crippen LogP contribution in [0.15, 0.2) is 59.2 Å². The van der Waals surface area contributed by atoms with Crippen molar-refractivity contribution in [3.8, 4) is 11.5 Å². The molecule has 0 aliphatic carbocycles. The molecular weight excluding hydrogens is 359 g/mol. The number of alkyl halides is 3. The Morgan fingerprint density at radius 1 is 1.04 bits per heavy atom.